The Labute approximate surface area is 65.0 Å². The molecule has 0 saturated carbocycles. The third-order valence-electron chi connectivity index (χ3n) is 1.95. The molecular weight excluding hydrogens is 142 g/mol. The number of aryl methyl sites for hydroxylation is 1. The predicted molar refractivity (Wildman–Crippen MR) is 39.3 cm³/mol. The van der Waals surface area contributed by atoms with Crippen LogP contribution >= 0.6 is 0 Å². The van der Waals surface area contributed by atoms with E-state index in [1.54, 1.807) is 0 Å². The van der Waals surface area contributed by atoms with E-state index in [0.29, 0.717) is 5.92 Å². The van der Waals surface area contributed by atoms with Gasteiger partial charge < -0.3 is 9.84 Å². The molecule has 1 saturated heterocycles. The number of nitrogens with one attached hydrogen (secondary N) is 1. The zero-order valence-electron chi connectivity index (χ0n) is 6.50. The van der Waals surface area contributed by atoms with E-state index < -0.39 is 0 Å². The highest BCUT2D eigenvalue weighted by Crippen LogP contribution is 2.19. The van der Waals surface area contributed by atoms with E-state index in [4.69, 9.17) is 4.52 Å². The summed E-state index contributed by atoms with van der Waals surface area (Å²) in [5.74, 6) is 1.95. The number of aromatic nitrogens is 2. The number of hydrogen-bond donors (Lipinski definition) is 1. The number of nitrogens with zero attached hydrogens (tertiary/aromatic N) is 2. The van der Waals surface area contributed by atoms with Crippen molar-refractivity contribution in [2.24, 2.45) is 0 Å². The Morgan fingerprint density at radius 2 is 2.55 bits per heavy atom. The van der Waals surface area contributed by atoms with E-state index in [9.17, 15) is 0 Å². The highest BCUT2D eigenvalue weighted by atomic mass is 16.5. The van der Waals surface area contributed by atoms with Crippen molar-refractivity contribution in [1.29, 1.82) is 0 Å². The molecule has 1 aliphatic heterocycles. The highest BCUT2D eigenvalue weighted by molar-refractivity contribution is 4.96. The molecule has 0 spiro atoms. The summed E-state index contributed by atoms with van der Waals surface area (Å²) in [5, 5.41) is 7.00. The molecule has 4 heteroatoms. The van der Waals surface area contributed by atoms with E-state index in [1.807, 2.05) is 6.92 Å². The number of hydrogen-bond acceptors (Lipinski definition) is 4. The van der Waals surface area contributed by atoms with Crippen LogP contribution in [0.1, 0.15) is 24.1 Å². The lowest BCUT2D eigenvalue weighted by Crippen LogP contribution is -2.08. The zero-order valence-corrected chi connectivity index (χ0v) is 6.50. The fourth-order valence-electron chi connectivity index (χ4n) is 1.34. The quantitative estimate of drug-likeness (QED) is 0.636. The molecule has 0 amide bonds. The van der Waals surface area contributed by atoms with Crippen LogP contribution in [-0.4, -0.2) is 23.2 Å². The second-order valence-electron chi connectivity index (χ2n) is 2.87. The molecule has 1 atom stereocenters. The first-order chi connectivity index (χ1) is 5.36. The normalized spacial score (nSPS) is 24.3. The molecular formula is C7H11N3O. The standard InChI is InChI=1S/C7H11N3O/c1-5-9-7(11-10-5)6-2-3-8-4-6/h6,8H,2-4H2,1H3/t6-/m0/s1. The minimum atomic E-state index is 0.441. The van der Waals surface area contributed by atoms with Gasteiger partial charge in [-0.2, -0.15) is 4.98 Å². The maximum absolute atomic E-state index is 5.05. The molecule has 1 aromatic rings. The van der Waals surface area contributed by atoms with Crippen molar-refractivity contribution >= 4 is 0 Å². The van der Waals surface area contributed by atoms with Crippen LogP contribution in [0.5, 0.6) is 0 Å². The van der Waals surface area contributed by atoms with E-state index in [2.05, 4.69) is 15.5 Å². The molecule has 2 rings (SSSR count). The Bertz CT molecular complexity index is 240. The van der Waals surface area contributed by atoms with Crippen LogP contribution in [0, 0.1) is 6.92 Å². The average molecular weight is 153 g/mol. The smallest absolute Gasteiger partial charge is 0.231 e. The molecule has 60 valence electrons. The summed E-state index contributed by atoms with van der Waals surface area (Å²) in [6.07, 6.45) is 1.11. The Balaban J connectivity index is 2.15. The summed E-state index contributed by atoms with van der Waals surface area (Å²) in [5.41, 5.74) is 0. The van der Waals surface area contributed by atoms with Gasteiger partial charge in [-0.05, 0) is 19.9 Å². The van der Waals surface area contributed by atoms with Gasteiger partial charge in [-0.1, -0.05) is 5.16 Å². The minimum absolute atomic E-state index is 0.441. The summed E-state index contributed by atoms with van der Waals surface area (Å²) >= 11 is 0. The Morgan fingerprint density at radius 3 is 3.09 bits per heavy atom. The Kier molecular flexibility index (Phi) is 1.62. The van der Waals surface area contributed by atoms with Crippen LogP contribution in [0.3, 0.4) is 0 Å². The van der Waals surface area contributed by atoms with E-state index in [0.717, 1.165) is 31.2 Å². The summed E-state index contributed by atoms with van der Waals surface area (Å²) in [4.78, 5) is 4.17. The monoisotopic (exact) mass is 153 g/mol. The lowest BCUT2D eigenvalue weighted by molar-refractivity contribution is 0.356. The maximum atomic E-state index is 5.05. The number of rotatable bonds is 1. The van der Waals surface area contributed by atoms with Crippen LogP contribution in [0.25, 0.3) is 0 Å². The van der Waals surface area contributed by atoms with Crippen LogP contribution < -0.4 is 5.32 Å². The van der Waals surface area contributed by atoms with Crippen LogP contribution in [0.4, 0.5) is 0 Å². The highest BCUT2D eigenvalue weighted by Gasteiger charge is 2.21. The van der Waals surface area contributed by atoms with Crippen molar-refractivity contribution in [2.45, 2.75) is 19.3 Å². The van der Waals surface area contributed by atoms with E-state index in [-0.39, 0.29) is 0 Å². The molecule has 4 nitrogen and oxygen atoms in total. The van der Waals surface area contributed by atoms with Crippen molar-refractivity contribution in [2.75, 3.05) is 13.1 Å². The second kappa shape index (κ2) is 2.62. The van der Waals surface area contributed by atoms with Gasteiger partial charge >= 0.3 is 0 Å². The van der Waals surface area contributed by atoms with Gasteiger partial charge in [-0.15, -0.1) is 0 Å². The molecule has 1 aliphatic rings. The third kappa shape index (κ3) is 1.26. The fraction of sp³-hybridized carbons (Fsp3) is 0.714. The second-order valence-corrected chi connectivity index (χ2v) is 2.87. The third-order valence-corrected chi connectivity index (χ3v) is 1.95. The Hall–Kier alpha value is -0.900. The van der Waals surface area contributed by atoms with Gasteiger partial charge in [0.15, 0.2) is 5.82 Å². The summed E-state index contributed by atoms with van der Waals surface area (Å²) in [6, 6.07) is 0. The molecule has 0 aromatic carbocycles. The summed E-state index contributed by atoms with van der Waals surface area (Å²) in [7, 11) is 0. The van der Waals surface area contributed by atoms with Crippen molar-refractivity contribution in [1.82, 2.24) is 15.5 Å². The van der Waals surface area contributed by atoms with Crippen molar-refractivity contribution in [3.05, 3.63) is 11.7 Å². The molecule has 1 N–H and O–H groups in total. The van der Waals surface area contributed by atoms with Crippen molar-refractivity contribution in [3.63, 3.8) is 0 Å². The fourth-order valence-corrected chi connectivity index (χ4v) is 1.34. The molecule has 0 bridgehead atoms. The van der Waals surface area contributed by atoms with Gasteiger partial charge in [-0.3, -0.25) is 0 Å². The predicted octanol–water partition coefficient (Wildman–Crippen LogP) is 0.455. The largest absolute Gasteiger partial charge is 0.339 e. The van der Waals surface area contributed by atoms with Gasteiger partial charge in [0.25, 0.3) is 0 Å². The van der Waals surface area contributed by atoms with Gasteiger partial charge in [0.1, 0.15) is 0 Å². The topological polar surface area (TPSA) is 51.0 Å². The van der Waals surface area contributed by atoms with Gasteiger partial charge in [-0.25, -0.2) is 0 Å². The Morgan fingerprint density at radius 1 is 1.64 bits per heavy atom. The molecule has 2 heterocycles. The van der Waals surface area contributed by atoms with E-state index in [1.165, 1.54) is 0 Å². The first-order valence-electron chi connectivity index (χ1n) is 3.87. The average Bonchev–Trinajstić information content (AvgIpc) is 2.55. The molecule has 0 unspecified atom stereocenters. The summed E-state index contributed by atoms with van der Waals surface area (Å²) in [6.45, 7) is 3.88. The van der Waals surface area contributed by atoms with Crippen LogP contribution in [0.15, 0.2) is 4.52 Å². The van der Waals surface area contributed by atoms with Crippen molar-refractivity contribution < 1.29 is 4.52 Å². The van der Waals surface area contributed by atoms with Crippen LogP contribution in [0.2, 0.25) is 0 Å². The first-order valence-corrected chi connectivity index (χ1v) is 3.87. The van der Waals surface area contributed by atoms with Crippen molar-refractivity contribution in [3.8, 4) is 0 Å². The van der Waals surface area contributed by atoms with Gasteiger partial charge in [0.05, 0.1) is 5.92 Å². The molecule has 0 aliphatic carbocycles. The SMILES string of the molecule is Cc1noc([C@H]2CCNC2)n1. The molecule has 0 radical (unpaired) electrons. The first kappa shape index (κ1) is 6.79. The van der Waals surface area contributed by atoms with E-state index >= 15 is 0 Å². The van der Waals surface area contributed by atoms with Crippen LogP contribution in [-0.2, 0) is 0 Å². The molecule has 1 aromatic heterocycles. The lowest BCUT2D eigenvalue weighted by Gasteiger charge is -1.97. The molecule has 11 heavy (non-hydrogen) atoms. The van der Waals surface area contributed by atoms with Gasteiger partial charge in [0.2, 0.25) is 5.89 Å². The maximum Gasteiger partial charge on any atom is 0.231 e. The minimum Gasteiger partial charge on any atom is -0.339 e. The lowest BCUT2D eigenvalue weighted by atomic mass is 10.1. The van der Waals surface area contributed by atoms with Gasteiger partial charge in [0, 0.05) is 6.54 Å². The summed E-state index contributed by atoms with van der Waals surface area (Å²) < 4.78 is 5.05. The molecule has 1 fully saturated rings. The zero-order chi connectivity index (χ0) is 7.68.